The van der Waals surface area contributed by atoms with Crippen molar-refractivity contribution < 1.29 is 19.1 Å². The average Bonchev–Trinajstić information content (AvgIpc) is 3.04. The Balaban J connectivity index is 1.57. The summed E-state index contributed by atoms with van der Waals surface area (Å²) in [5.74, 6) is -0.533. The number of nitrogens with one attached hydrogen (secondary N) is 2. The van der Waals surface area contributed by atoms with Crippen LogP contribution in [0.1, 0.15) is 5.56 Å². The maximum absolute atomic E-state index is 11.8. The Hall–Kier alpha value is -3.06. The number of amides is 2. The summed E-state index contributed by atoms with van der Waals surface area (Å²) in [5.41, 5.74) is 3.17. The molecule has 0 aromatic heterocycles. The van der Waals surface area contributed by atoms with Crippen molar-refractivity contribution in [2.75, 3.05) is 12.1 Å². The first-order valence-corrected chi connectivity index (χ1v) is 7.30. The Labute approximate surface area is 142 Å². The summed E-state index contributed by atoms with van der Waals surface area (Å²) in [7, 11) is 0. The van der Waals surface area contributed by atoms with Crippen molar-refractivity contribution in [2.45, 2.75) is 0 Å². The van der Waals surface area contributed by atoms with Gasteiger partial charge in [-0.3, -0.25) is 9.59 Å². The maximum atomic E-state index is 11.8. The molecule has 0 radical (unpaired) electrons. The summed E-state index contributed by atoms with van der Waals surface area (Å²) >= 11 is 5.91. The quantitative estimate of drug-likeness (QED) is 0.507. The number of fused-ring (bicyclic) bond motifs is 1. The van der Waals surface area contributed by atoms with Crippen LogP contribution in [-0.2, 0) is 9.59 Å². The molecule has 0 aliphatic carbocycles. The third kappa shape index (κ3) is 3.64. The van der Waals surface area contributed by atoms with Gasteiger partial charge in [0, 0.05) is 0 Å². The summed E-state index contributed by atoms with van der Waals surface area (Å²) in [5, 5.41) is 6.47. The monoisotopic (exact) mass is 345 g/mol. The largest absolute Gasteiger partial charge is 0.454 e. The van der Waals surface area contributed by atoms with Crippen molar-refractivity contribution in [3.8, 4) is 11.5 Å². The number of nitrogens with zero attached hydrogens (tertiary/aromatic N) is 1. The highest BCUT2D eigenvalue weighted by Gasteiger charge is 2.15. The molecule has 2 aromatic carbocycles. The van der Waals surface area contributed by atoms with Gasteiger partial charge in [-0.15, -0.1) is 0 Å². The van der Waals surface area contributed by atoms with E-state index >= 15 is 0 Å². The molecular weight excluding hydrogens is 334 g/mol. The van der Waals surface area contributed by atoms with Gasteiger partial charge < -0.3 is 14.8 Å². The fourth-order valence-electron chi connectivity index (χ4n) is 1.95. The van der Waals surface area contributed by atoms with Crippen molar-refractivity contribution in [2.24, 2.45) is 5.10 Å². The van der Waals surface area contributed by atoms with E-state index in [-0.39, 0.29) is 6.79 Å². The van der Waals surface area contributed by atoms with Crippen molar-refractivity contribution in [3.63, 3.8) is 0 Å². The highest BCUT2D eigenvalue weighted by Crippen LogP contribution is 2.31. The minimum Gasteiger partial charge on any atom is -0.454 e. The first-order valence-electron chi connectivity index (χ1n) is 6.92. The number of hydrazone groups is 1. The van der Waals surface area contributed by atoms with Crippen molar-refractivity contribution in [3.05, 3.63) is 53.1 Å². The summed E-state index contributed by atoms with van der Waals surface area (Å²) in [4.78, 5) is 23.5. The Morgan fingerprint density at radius 2 is 1.88 bits per heavy atom. The molecule has 1 aliphatic heterocycles. The second-order valence-electron chi connectivity index (χ2n) is 4.75. The Morgan fingerprint density at radius 3 is 2.71 bits per heavy atom. The maximum Gasteiger partial charge on any atom is 0.329 e. The van der Waals surface area contributed by atoms with Crippen LogP contribution in [0.15, 0.2) is 47.6 Å². The lowest BCUT2D eigenvalue weighted by Gasteiger charge is -2.05. The van der Waals surface area contributed by atoms with Crippen LogP contribution < -0.4 is 20.2 Å². The minimum atomic E-state index is -0.910. The predicted molar refractivity (Wildman–Crippen MR) is 88.4 cm³/mol. The van der Waals surface area contributed by atoms with E-state index in [2.05, 4.69) is 15.8 Å². The molecule has 0 saturated carbocycles. The van der Waals surface area contributed by atoms with Gasteiger partial charge in [0.2, 0.25) is 6.79 Å². The zero-order valence-electron chi connectivity index (χ0n) is 12.3. The molecular formula is C16H12ClN3O4. The highest BCUT2D eigenvalue weighted by molar-refractivity contribution is 6.41. The van der Waals surface area contributed by atoms with E-state index in [9.17, 15) is 9.59 Å². The number of para-hydroxylation sites is 1. The molecule has 3 rings (SSSR count). The number of hydrogen-bond donors (Lipinski definition) is 2. The zero-order valence-corrected chi connectivity index (χ0v) is 13.0. The van der Waals surface area contributed by atoms with Gasteiger partial charge >= 0.3 is 11.8 Å². The van der Waals surface area contributed by atoms with Gasteiger partial charge in [0.1, 0.15) is 0 Å². The SMILES string of the molecule is O=C(N/N=C\c1ccc2c(c1)OCO2)C(=O)Nc1ccccc1Cl. The fraction of sp³-hybridized carbons (Fsp3) is 0.0625. The molecule has 0 fully saturated rings. The molecule has 1 aliphatic rings. The smallest absolute Gasteiger partial charge is 0.329 e. The van der Waals surface area contributed by atoms with Crippen molar-refractivity contribution >= 4 is 35.3 Å². The number of carbonyl (C=O) groups is 2. The second-order valence-corrected chi connectivity index (χ2v) is 5.15. The first-order chi connectivity index (χ1) is 11.6. The number of halogens is 1. The number of rotatable bonds is 3. The van der Waals surface area contributed by atoms with E-state index in [4.69, 9.17) is 21.1 Å². The Bertz CT molecular complexity index is 823. The van der Waals surface area contributed by atoms with Crippen LogP contribution >= 0.6 is 11.6 Å². The van der Waals surface area contributed by atoms with E-state index in [1.807, 2.05) is 0 Å². The van der Waals surface area contributed by atoms with E-state index in [0.29, 0.717) is 27.8 Å². The van der Waals surface area contributed by atoms with Crippen LogP contribution in [0.3, 0.4) is 0 Å². The highest BCUT2D eigenvalue weighted by atomic mass is 35.5. The summed E-state index contributed by atoms with van der Waals surface area (Å²) in [6.07, 6.45) is 1.39. The number of ether oxygens (including phenoxy) is 2. The van der Waals surface area contributed by atoms with Crippen LogP contribution in [0.4, 0.5) is 5.69 Å². The van der Waals surface area contributed by atoms with Crippen molar-refractivity contribution in [1.82, 2.24) is 5.43 Å². The second kappa shape index (κ2) is 7.01. The molecule has 2 aromatic rings. The van der Waals surface area contributed by atoms with Crippen LogP contribution in [0.25, 0.3) is 0 Å². The van der Waals surface area contributed by atoms with E-state index < -0.39 is 11.8 Å². The lowest BCUT2D eigenvalue weighted by molar-refractivity contribution is -0.136. The predicted octanol–water partition coefficient (Wildman–Crippen LogP) is 2.16. The normalized spacial score (nSPS) is 12.2. The fourth-order valence-corrected chi connectivity index (χ4v) is 2.13. The number of hydrogen-bond acceptors (Lipinski definition) is 5. The molecule has 0 unspecified atom stereocenters. The third-order valence-electron chi connectivity index (χ3n) is 3.10. The Morgan fingerprint density at radius 1 is 1.08 bits per heavy atom. The molecule has 2 N–H and O–H groups in total. The Kier molecular flexibility index (Phi) is 4.62. The van der Waals surface area contributed by atoms with Gasteiger partial charge in [0.15, 0.2) is 11.5 Å². The van der Waals surface area contributed by atoms with Gasteiger partial charge in [0.05, 0.1) is 16.9 Å². The van der Waals surface area contributed by atoms with E-state index in [0.717, 1.165) is 0 Å². The zero-order chi connectivity index (χ0) is 16.9. The lowest BCUT2D eigenvalue weighted by Crippen LogP contribution is -2.32. The van der Waals surface area contributed by atoms with Gasteiger partial charge in [-0.1, -0.05) is 23.7 Å². The molecule has 0 saturated heterocycles. The average molecular weight is 346 g/mol. The van der Waals surface area contributed by atoms with Gasteiger partial charge in [0.25, 0.3) is 0 Å². The van der Waals surface area contributed by atoms with Gasteiger partial charge in [-0.25, -0.2) is 5.43 Å². The summed E-state index contributed by atoms with van der Waals surface area (Å²) in [6.45, 7) is 0.175. The van der Waals surface area contributed by atoms with E-state index in [1.54, 1.807) is 42.5 Å². The van der Waals surface area contributed by atoms with Gasteiger partial charge in [-0.05, 0) is 35.9 Å². The van der Waals surface area contributed by atoms with Crippen molar-refractivity contribution in [1.29, 1.82) is 0 Å². The molecule has 2 amide bonds. The molecule has 0 atom stereocenters. The summed E-state index contributed by atoms with van der Waals surface area (Å²) in [6, 6.07) is 11.8. The molecule has 7 nitrogen and oxygen atoms in total. The lowest BCUT2D eigenvalue weighted by atomic mass is 10.2. The first kappa shape index (κ1) is 15.8. The van der Waals surface area contributed by atoms with Crippen LogP contribution in [0.5, 0.6) is 11.5 Å². The van der Waals surface area contributed by atoms with Gasteiger partial charge in [-0.2, -0.15) is 5.10 Å². The molecule has 8 heteroatoms. The number of anilines is 1. The van der Waals surface area contributed by atoms with Crippen LogP contribution in [0.2, 0.25) is 5.02 Å². The molecule has 1 heterocycles. The molecule has 24 heavy (non-hydrogen) atoms. The number of carbonyl (C=O) groups excluding carboxylic acids is 2. The topological polar surface area (TPSA) is 89.0 Å². The molecule has 122 valence electrons. The summed E-state index contributed by atoms with van der Waals surface area (Å²) < 4.78 is 10.4. The molecule has 0 spiro atoms. The van der Waals surface area contributed by atoms with E-state index in [1.165, 1.54) is 6.21 Å². The van der Waals surface area contributed by atoms with Crippen LogP contribution in [0, 0.1) is 0 Å². The third-order valence-corrected chi connectivity index (χ3v) is 3.43. The molecule has 0 bridgehead atoms. The minimum absolute atomic E-state index is 0.175. The number of benzene rings is 2. The van der Waals surface area contributed by atoms with Crippen LogP contribution in [-0.4, -0.2) is 24.8 Å². The standard InChI is InChI=1S/C16H12ClN3O4/c17-11-3-1-2-4-12(11)19-15(21)16(22)20-18-8-10-5-6-13-14(7-10)24-9-23-13/h1-8H,9H2,(H,19,21)(H,20,22)/b18-8-.